The van der Waals surface area contributed by atoms with Crippen molar-refractivity contribution < 1.29 is 13.2 Å². The Morgan fingerprint density at radius 2 is 1.48 bits per heavy atom. The van der Waals surface area contributed by atoms with E-state index in [4.69, 9.17) is 0 Å². The summed E-state index contributed by atoms with van der Waals surface area (Å²) in [5.41, 5.74) is 3.64. The van der Waals surface area contributed by atoms with Crippen LogP contribution in [0.1, 0.15) is 43.0 Å². The van der Waals surface area contributed by atoms with Gasteiger partial charge in [-0.05, 0) is 44.9 Å². The van der Waals surface area contributed by atoms with Crippen LogP contribution in [0, 0.1) is 13.8 Å². The number of aryl methyl sites for hydroxylation is 2. The van der Waals surface area contributed by atoms with E-state index in [1.165, 1.54) is 4.31 Å². The standard InChI is InChI=1S/C21H28N2O3S/c1-6-20(21(24)22-17(4)18-11-7-15(2)8-12-18)23(27(5,25)26)19-13-9-16(3)10-14-19/h7-14,17,20H,6H2,1-5H3,(H,22,24)/t17-,20+/m0/s1. The number of nitrogens with one attached hydrogen (secondary N) is 1. The number of sulfonamides is 1. The number of hydrogen-bond donors (Lipinski definition) is 1. The SMILES string of the molecule is CC[C@H](C(=O)N[C@@H](C)c1ccc(C)cc1)N(c1ccc(C)cc1)S(C)(=O)=O. The first-order valence-electron chi connectivity index (χ1n) is 9.06. The summed E-state index contributed by atoms with van der Waals surface area (Å²) in [5, 5.41) is 2.96. The summed E-state index contributed by atoms with van der Waals surface area (Å²) in [4.78, 5) is 12.9. The van der Waals surface area contributed by atoms with Crippen molar-refractivity contribution in [1.29, 1.82) is 0 Å². The third-order valence-corrected chi connectivity index (χ3v) is 5.73. The fourth-order valence-electron chi connectivity index (χ4n) is 3.00. The maximum absolute atomic E-state index is 12.9. The van der Waals surface area contributed by atoms with Crippen LogP contribution in [-0.4, -0.2) is 26.6 Å². The second-order valence-electron chi connectivity index (χ2n) is 6.96. The van der Waals surface area contributed by atoms with Crippen molar-refractivity contribution in [2.45, 2.75) is 46.2 Å². The van der Waals surface area contributed by atoms with Gasteiger partial charge < -0.3 is 5.32 Å². The molecule has 0 aliphatic heterocycles. The second-order valence-corrected chi connectivity index (χ2v) is 8.82. The van der Waals surface area contributed by atoms with Gasteiger partial charge in [-0.3, -0.25) is 9.10 Å². The van der Waals surface area contributed by atoms with E-state index in [2.05, 4.69) is 5.32 Å². The Balaban J connectivity index is 2.28. The molecule has 0 saturated heterocycles. The number of amides is 1. The highest BCUT2D eigenvalue weighted by atomic mass is 32.2. The van der Waals surface area contributed by atoms with E-state index in [1.807, 2.05) is 64.1 Å². The van der Waals surface area contributed by atoms with Crippen LogP contribution in [0.2, 0.25) is 0 Å². The summed E-state index contributed by atoms with van der Waals surface area (Å²) in [6.07, 6.45) is 1.50. The molecule has 0 unspecified atom stereocenters. The predicted octanol–water partition coefficient (Wildman–Crippen LogP) is 3.73. The molecule has 0 fully saturated rings. The molecule has 0 saturated carbocycles. The first kappa shape index (κ1) is 21.0. The van der Waals surface area contributed by atoms with Crippen LogP contribution in [0.4, 0.5) is 5.69 Å². The van der Waals surface area contributed by atoms with Crippen molar-refractivity contribution in [3.63, 3.8) is 0 Å². The highest BCUT2D eigenvalue weighted by Gasteiger charge is 2.32. The normalized spacial score (nSPS) is 13.7. The minimum atomic E-state index is -3.62. The van der Waals surface area contributed by atoms with Gasteiger partial charge >= 0.3 is 0 Å². The van der Waals surface area contributed by atoms with E-state index in [0.29, 0.717) is 12.1 Å². The summed E-state index contributed by atoms with van der Waals surface area (Å²) in [5.74, 6) is -0.309. The third-order valence-electron chi connectivity index (χ3n) is 4.55. The zero-order chi connectivity index (χ0) is 20.2. The molecular weight excluding hydrogens is 360 g/mol. The van der Waals surface area contributed by atoms with Crippen molar-refractivity contribution in [2.75, 3.05) is 10.6 Å². The molecular formula is C21H28N2O3S. The number of rotatable bonds is 7. The zero-order valence-corrected chi connectivity index (χ0v) is 17.4. The van der Waals surface area contributed by atoms with Crippen molar-refractivity contribution >= 4 is 21.6 Å². The molecule has 1 N–H and O–H groups in total. The van der Waals surface area contributed by atoms with Gasteiger partial charge in [0.1, 0.15) is 6.04 Å². The lowest BCUT2D eigenvalue weighted by Crippen LogP contribution is -2.49. The molecule has 27 heavy (non-hydrogen) atoms. The van der Waals surface area contributed by atoms with Gasteiger partial charge in [0, 0.05) is 0 Å². The molecule has 0 heterocycles. The van der Waals surface area contributed by atoms with Gasteiger partial charge in [-0.25, -0.2) is 8.42 Å². The number of benzene rings is 2. The molecule has 1 amide bonds. The Morgan fingerprint density at radius 3 is 1.93 bits per heavy atom. The van der Waals surface area contributed by atoms with Gasteiger partial charge in [0.2, 0.25) is 15.9 Å². The number of carbonyl (C=O) groups is 1. The molecule has 0 spiro atoms. The molecule has 2 rings (SSSR count). The van der Waals surface area contributed by atoms with Gasteiger partial charge in [0.15, 0.2) is 0 Å². The number of hydrogen-bond acceptors (Lipinski definition) is 3. The number of nitrogens with zero attached hydrogens (tertiary/aromatic N) is 1. The molecule has 2 aromatic carbocycles. The summed E-state index contributed by atoms with van der Waals surface area (Å²) in [6, 6.07) is 14.0. The maximum Gasteiger partial charge on any atom is 0.244 e. The number of carbonyl (C=O) groups excluding carboxylic acids is 1. The largest absolute Gasteiger partial charge is 0.348 e. The molecule has 2 aromatic rings. The predicted molar refractivity (Wildman–Crippen MR) is 110 cm³/mol. The Hall–Kier alpha value is -2.34. The first-order chi connectivity index (χ1) is 12.6. The third kappa shape index (κ3) is 5.32. The zero-order valence-electron chi connectivity index (χ0n) is 16.6. The van der Waals surface area contributed by atoms with Gasteiger partial charge in [-0.2, -0.15) is 0 Å². The minimum Gasteiger partial charge on any atom is -0.348 e. The topological polar surface area (TPSA) is 66.5 Å². The fourth-order valence-corrected chi connectivity index (χ4v) is 4.21. The van der Waals surface area contributed by atoms with Gasteiger partial charge in [0.25, 0.3) is 0 Å². The van der Waals surface area contributed by atoms with Crippen LogP contribution in [0.25, 0.3) is 0 Å². The van der Waals surface area contributed by atoms with Crippen molar-refractivity contribution in [2.24, 2.45) is 0 Å². The van der Waals surface area contributed by atoms with Crippen LogP contribution in [-0.2, 0) is 14.8 Å². The summed E-state index contributed by atoms with van der Waals surface area (Å²) >= 11 is 0. The van der Waals surface area contributed by atoms with Crippen LogP contribution in [0.3, 0.4) is 0 Å². The van der Waals surface area contributed by atoms with Crippen LogP contribution >= 0.6 is 0 Å². The molecule has 6 heteroatoms. The quantitative estimate of drug-likeness (QED) is 0.786. The second kappa shape index (κ2) is 8.57. The summed E-state index contributed by atoms with van der Waals surface area (Å²) < 4.78 is 26.1. The summed E-state index contributed by atoms with van der Waals surface area (Å²) in [6.45, 7) is 7.65. The average Bonchev–Trinajstić information content (AvgIpc) is 2.60. The molecule has 0 aromatic heterocycles. The van der Waals surface area contributed by atoms with Crippen LogP contribution in [0.5, 0.6) is 0 Å². The maximum atomic E-state index is 12.9. The Labute approximate surface area is 162 Å². The Bertz CT molecular complexity index is 875. The van der Waals surface area contributed by atoms with Gasteiger partial charge in [-0.1, -0.05) is 54.4 Å². The highest BCUT2D eigenvalue weighted by Crippen LogP contribution is 2.24. The van der Waals surface area contributed by atoms with Crippen molar-refractivity contribution in [3.8, 4) is 0 Å². The molecule has 0 radical (unpaired) electrons. The molecule has 5 nitrogen and oxygen atoms in total. The lowest BCUT2D eigenvalue weighted by molar-refractivity contribution is -0.122. The van der Waals surface area contributed by atoms with E-state index in [-0.39, 0.29) is 11.9 Å². The molecule has 0 aliphatic rings. The lowest BCUT2D eigenvalue weighted by Gasteiger charge is -2.31. The van der Waals surface area contributed by atoms with E-state index >= 15 is 0 Å². The Morgan fingerprint density at radius 1 is 1.00 bits per heavy atom. The highest BCUT2D eigenvalue weighted by molar-refractivity contribution is 7.92. The molecule has 0 aliphatic carbocycles. The molecule has 146 valence electrons. The lowest BCUT2D eigenvalue weighted by atomic mass is 10.1. The minimum absolute atomic E-state index is 0.216. The average molecular weight is 389 g/mol. The first-order valence-corrected chi connectivity index (χ1v) is 10.9. The summed E-state index contributed by atoms with van der Waals surface area (Å²) in [7, 11) is -3.62. The van der Waals surface area contributed by atoms with Crippen LogP contribution in [0.15, 0.2) is 48.5 Å². The monoisotopic (exact) mass is 388 g/mol. The Kier molecular flexibility index (Phi) is 6.65. The van der Waals surface area contributed by atoms with Gasteiger partial charge in [0.05, 0.1) is 18.0 Å². The van der Waals surface area contributed by atoms with E-state index in [0.717, 1.165) is 22.9 Å². The van der Waals surface area contributed by atoms with Crippen molar-refractivity contribution in [3.05, 3.63) is 65.2 Å². The smallest absolute Gasteiger partial charge is 0.244 e. The van der Waals surface area contributed by atoms with Gasteiger partial charge in [-0.15, -0.1) is 0 Å². The number of anilines is 1. The molecule has 0 bridgehead atoms. The van der Waals surface area contributed by atoms with Crippen molar-refractivity contribution in [1.82, 2.24) is 5.32 Å². The molecule has 2 atom stereocenters. The van der Waals surface area contributed by atoms with Crippen LogP contribution < -0.4 is 9.62 Å². The van der Waals surface area contributed by atoms with E-state index in [9.17, 15) is 13.2 Å². The van der Waals surface area contributed by atoms with E-state index < -0.39 is 16.1 Å². The fraction of sp³-hybridized carbons (Fsp3) is 0.381. The van der Waals surface area contributed by atoms with E-state index in [1.54, 1.807) is 12.1 Å².